The quantitative estimate of drug-likeness (QED) is 0.0971. The fourth-order valence-corrected chi connectivity index (χ4v) is 9.51. The number of alkyl halides is 3. The molecule has 12 nitrogen and oxygen atoms in total. The molecule has 1 saturated carbocycles. The van der Waals surface area contributed by atoms with Crippen LogP contribution in [0.2, 0.25) is 10.0 Å². The molecule has 2 saturated heterocycles. The molecule has 0 bridgehead atoms. The molecule has 2 aliphatic carbocycles. The Morgan fingerprint density at radius 2 is 1.75 bits per heavy atom. The van der Waals surface area contributed by atoms with Gasteiger partial charge in [0.1, 0.15) is 0 Å². The number of nitrogens with one attached hydrogen (secondary N) is 1. The number of unbranched alkanes of at least 4 members (excludes halogenated alkanes) is 2. The number of benzene rings is 2. The minimum Gasteiger partial charge on any atom is -0.504 e. The lowest BCUT2D eigenvalue weighted by Crippen LogP contribution is -2.53. The molecule has 57 heavy (non-hydrogen) atoms. The standard InChI is InChI=1S/C40H37Cl2F3N4O8/c1-2-57-29-8-6-7-25(33(29)52)32-23-14-15-24-31(37(55)48(35(24)53)16-5-3-4-9-30(50)51)26(23)18-27-36(54)49(38(56)39(27,32)20-10-12-22(41)13-11-20)47-34-28(42)17-21(19-46-34)40(43,44)45/h6-8,10-14,17,19,24,26-27,31-32,52H,2-5,9,15-16,18H2,1H3,(H,46,47)(H,50,51). The Kier molecular flexibility index (Phi) is 10.8. The number of aromatic nitrogens is 1. The molecule has 1 aromatic heterocycles. The molecule has 2 aliphatic heterocycles. The van der Waals surface area contributed by atoms with Crippen molar-refractivity contribution in [3.05, 3.63) is 93.1 Å². The first-order chi connectivity index (χ1) is 27.1. The van der Waals surface area contributed by atoms with Gasteiger partial charge in [-0.2, -0.15) is 18.2 Å². The molecule has 3 N–H and O–H groups in total. The van der Waals surface area contributed by atoms with Crippen LogP contribution in [0.5, 0.6) is 11.5 Å². The lowest BCUT2D eigenvalue weighted by Gasteiger charge is -2.50. The number of carboxylic acids is 1. The first kappa shape index (κ1) is 40.1. The van der Waals surface area contributed by atoms with Gasteiger partial charge in [-0.25, -0.2) is 4.98 Å². The summed E-state index contributed by atoms with van der Waals surface area (Å²) in [7, 11) is 0. The van der Waals surface area contributed by atoms with Crippen molar-refractivity contribution in [1.29, 1.82) is 0 Å². The number of halogens is 5. The van der Waals surface area contributed by atoms with Gasteiger partial charge in [0.25, 0.3) is 11.8 Å². The molecular weight excluding hydrogens is 792 g/mol. The number of para-hydroxylation sites is 1. The van der Waals surface area contributed by atoms with E-state index in [4.69, 9.17) is 33.0 Å². The molecule has 6 unspecified atom stereocenters. The number of anilines is 1. The Balaban J connectivity index is 1.37. The molecular formula is C40H37Cl2F3N4O8. The van der Waals surface area contributed by atoms with E-state index in [-0.39, 0.29) is 55.4 Å². The van der Waals surface area contributed by atoms with Crippen molar-refractivity contribution in [3.8, 4) is 11.5 Å². The number of carbonyl (C=O) groups is 5. The molecule has 6 atom stereocenters. The predicted octanol–water partition coefficient (Wildman–Crippen LogP) is 7.14. The van der Waals surface area contributed by atoms with Crippen molar-refractivity contribution in [2.75, 3.05) is 18.6 Å². The zero-order valence-electron chi connectivity index (χ0n) is 30.4. The Bertz CT molecular complexity index is 2180. The summed E-state index contributed by atoms with van der Waals surface area (Å²) in [5, 5.41) is 21.4. The van der Waals surface area contributed by atoms with Crippen LogP contribution in [0.4, 0.5) is 19.0 Å². The molecule has 3 heterocycles. The number of aliphatic carboxylic acids is 1. The van der Waals surface area contributed by atoms with Gasteiger partial charge in [-0.05, 0) is 68.4 Å². The summed E-state index contributed by atoms with van der Waals surface area (Å²) in [5.74, 6) is -8.88. The summed E-state index contributed by atoms with van der Waals surface area (Å²) >= 11 is 12.6. The van der Waals surface area contributed by atoms with Gasteiger partial charge in [-0.1, -0.05) is 65.5 Å². The minimum atomic E-state index is -4.77. The zero-order chi connectivity index (χ0) is 41.0. The van der Waals surface area contributed by atoms with E-state index < -0.39 is 81.3 Å². The largest absolute Gasteiger partial charge is 0.504 e. The van der Waals surface area contributed by atoms with Crippen LogP contribution in [0.1, 0.15) is 68.1 Å². The molecule has 0 radical (unpaired) electrons. The van der Waals surface area contributed by atoms with Crippen LogP contribution in [0, 0.1) is 23.7 Å². The highest BCUT2D eigenvalue weighted by Gasteiger charge is 2.70. The van der Waals surface area contributed by atoms with Gasteiger partial charge in [0.2, 0.25) is 11.8 Å². The Morgan fingerprint density at radius 3 is 2.42 bits per heavy atom. The average Bonchev–Trinajstić information content (AvgIpc) is 3.53. The Labute approximate surface area is 334 Å². The van der Waals surface area contributed by atoms with E-state index in [0.29, 0.717) is 52.7 Å². The molecule has 4 aliphatic rings. The first-order valence-electron chi connectivity index (χ1n) is 18.5. The SMILES string of the molecule is CCOc1cccc(C2C3=CCC4C(=O)N(CCCCCC(=O)O)C(=O)C4C3CC3C(=O)N(Nc4ncc(C(F)(F)F)cc4Cl)C(=O)C32c2ccc(Cl)cc2)c1O. The number of ether oxygens (including phenoxy) is 1. The number of hydrogen-bond donors (Lipinski definition) is 3. The molecule has 3 aromatic rings. The van der Waals surface area contributed by atoms with Crippen LogP contribution in [0.15, 0.2) is 66.4 Å². The molecule has 7 rings (SSSR count). The van der Waals surface area contributed by atoms with E-state index in [2.05, 4.69) is 10.4 Å². The Hall–Kier alpha value is -5.15. The highest BCUT2D eigenvalue weighted by Crippen LogP contribution is 2.65. The first-order valence-corrected chi connectivity index (χ1v) is 19.2. The summed E-state index contributed by atoms with van der Waals surface area (Å²) in [6, 6.07) is 11.7. The van der Waals surface area contributed by atoms with Gasteiger partial charge in [0.15, 0.2) is 17.3 Å². The normalized spacial score (nSPS) is 25.6. The van der Waals surface area contributed by atoms with E-state index >= 15 is 4.79 Å². The summed E-state index contributed by atoms with van der Waals surface area (Å²) < 4.78 is 46.2. The molecule has 2 aromatic carbocycles. The van der Waals surface area contributed by atoms with Gasteiger partial charge >= 0.3 is 12.1 Å². The second-order valence-corrected chi connectivity index (χ2v) is 15.4. The number of imide groups is 2. The number of nitrogens with zero attached hydrogens (tertiary/aromatic N) is 3. The van der Waals surface area contributed by atoms with Crippen molar-refractivity contribution < 1.29 is 52.1 Å². The van der Waals surface area contributed by atoms with Crippen molar-refractivity contribution in [3.63, 3.8) is 0 Å². The number of hydrogen-bond acceptors (Lipinski definition) is 9. The number of hydrazine groups is 1. The van der Waals surface area contributed by atoms with Crippen LogP contribution in [0.25, 0.3) is 0 Å². The van der Waals surface area contributed by atoms with Gasteiger partial charge in [0, 0.05) is 35.7 Å². The van der Waals surface area contributed by atoms with Crippen molar-refractivity contribution in [1.82, 2.24) is 14.9 Å². The molecule has 17 heteroatoms. The van der Waals surface area contributed by atoms with Crippen LogP contribution < -0.4 is 10.2 Å². The maximum Gasteiger partial charge on any atom is 0.417 e. The zero-order valence-corrected chi connectivity index (χ0v) is 31.9. The van der Waals surface area contributed by atoms with Crippen molar-refractivity contribution in [2.45, 2.75) is 63.0 Å². The number of pyridine rings is 1. The average molecular weight is 830 g/mol. The van der Waals surface area contributed by atoms with Crippen LogP contribution >= 0.6 is 23.2 Å². The third-order valence-corrected chi connectivity index (χ3v) is 12.1. The van der Waals surface area contributed by atoms with E-state index in [1.54, 1.807) is 55.5 Å². The number of carbonyl (C=O) groups excluding carboxylic acids is 4. The molecule has 0 spiro atoms. The second-order valence-electron chi connectivity index (χ2n) is 14.6. The van der Waals surface area contributed by atoms with Crippen molar-refractivity contribution >= 4 is 58.6 Å². The summed E-state index contributed by atoms with van der Waals surface area (Å²) in [5.41, 5.74) is 0.667. The fraction of sp³-hybridized carbons (Fsp3) is 0.400. The number of amides is 4. The van der Waals surface area contributed by atoms with Crippen LogP contribution in [-0.4, -0.2) is 67.9 Å². The molecule has 3 fully saturated rings. The number of allylic oxidation sites excluding steroid dienone is 2. The van der Waals surface area contributed by atoms with E-state index in [1.807, 2.05) is 0 Å². The monoisotopic (exact) mass is 828 g/mol. The summed E-state index contributed by atoms with van der Waals surface area (Å²) in [6.07, 6.45) is -1.22. The van der Waals surface area contributed by atoms with Crippen LogP contribution in [-0.2, 0) is 35.6 Å². The van der Waals surface area contributed by atoms with E-state index in [1.165, 1.54) is 4.90 Å². The second kappa shape index (κ2) is 15.3. The smallest absolute Gasteiger partial charge is 0.417 e. The van der Waals surface area contributed by atoms with E-state index in [0.717, 1.165) is 0 Å². The topological polar surface area (TPSA) is 166 Å². The molecule has 4 amide bonds. The number of likely N-dealkylation sites (tertiary alicyclic amines) is 1. The highest BCUT2D eigenvalue weighted by atomic mass is 35.5. The van der Waals surface area contributed by atoms with Gasteiger partial charge in [-0.15, -0.1) is 0 Å². The lowest BCUT2D eigenvalue weighted by molar-refractivity contribution is -0.141. The lowest BCUT2D eigenvalue weighted by atomic mass is 9.49. The molecule has 300 valence electrons. The Morgan fingerprint density at radius 1 is 1.02 bits per heavy atom. The number of phenolic OH excluding ortho intramolecular Hbond substituents is 1. The van der Waals surface area contributed by atoms with Gasteiger partial charge in [-0.3, -0.25) is 34.3 Å². The van der Waals surface area contributed by atoms with Gasteiger partial charge < -0.3 is 14.9 Å². The van der Waals surface area contributed by atoms with Gasteiger partial charge in [0.05, 0.1) is 40.4 Å². The minimum absolute atomic E-state index is 0.0439. The number of rotatable bonds is 12. The van der Waals surface area contributed by atoms with E-state index in [9.17, 15) is 37.5 Å². The highest BCUT2D eigenvalue weighted by molar-refractivity contribution is 6.33. The van der Waals surface area contributed by atoms with Crippen molar-refractivity contribution in [2.24, 2.45) is 23.7 Å². The maximum absolute atomic E-state index is 15.3. The number of aromatic hydroxyl groups is 1. The number of carboxylic acid groups (broad SMARTS) is 1. The number of phenols is 1. The predicted molar refractivity (Wildman–Crippen MR) is 199 cm³/mol. The summed E-state index contributed by atoms with van der Waals surface area (Å²) in [4.78, 5) is 74.3. The third kappa shape index (κ3) is 6.77. The number of fused-ring (bicyclic) bond motifs is 4. The third-order valence-electron chi connectivity index (χ3n) is 11.6. The van der Waals surface area contributed by atoms with Crippen LogP contribution in [0.3, 0.4) is 0 Å². The summed E-state index contributed by atoms with van der Waals surface area (Å²) in [6.45, 7) is 1.99. The maximum atomic E-state index is 15.3. The fourth-order valence-electron chi connectivity index (χ4n) is 9.18.